The smallest absolute Gasteiger partial charge is 0.348 e. The van der Waals surface area contributed by atoms with Crippen molar-refractivity contribution in [3.8, 4) is 0 Å². The summed E-state index contributed by atoms with van der Waals surface area (Å²) < 4.78 is 0. The molecule has 0 spiro atoms. The van der Waals surface area contributed by atoms with Crippen LogP contribution in [0.5, 0.6) is 0 Å². The lowest BCUT2D eigenvalue weighted by Crippen LogP contribution is -2.47. The van der Waals surface area contributed by atoms with E-state index in [2.05, 4.69) is 42.4 Å². The third-order valence-corrected chi connectivity index (χ3v) is 7.45. The van der Waals surface area contributed by atoms with Gasteiger partial charge >= 0.3 is 5.97 Å². The van der Waals surface area contributed by atoms with Gasteiger partial charge in [0.15, 0.2) is 5.82 Å². The molecule has 6 rings (SSSR count). The topological polar surface area (TPSA) is 97.4 Å². The summed E-state index contributed by atoms with van der Waals surface area (Å²) in [6.45, 7) is 6.33. The van der Waals surface area contributed by atoms with Crippen molar-refractivity contribution in [2.75, 3.05) is 36.4 Å². The molecule has 4 aromatic rings. The van der Waals surface area contributed by atoms with Crippen molar-refractivity contribution < 1.29 is 9.90 Å². The standard InChI is InChI=1S/C23H24N6O2S/c1-13-18-17-12-32-21(23(30)31)19(17)25-22(20(18)27-26-13)24-14-2-4-15(5-3-14)28-8-10-29(11-9-28)16-6-7-16/h2-5,12,16H,6-11H2,1H3,(H,24,25)(H,26,27)(H,30,31). The Hall–Kier alpha value is -3.17. The van der Waals surface area contributed by atoms with E-state index in [0.717, 1.165) is 54.4 Å². The van der Waals surface area contributed by atoms with Gasteiger partial charge in [-0.2, -0.15) is 5.10 Å². The van der Waals surface area contributed by atoms with E-state index in [9.17, 15) is 9.90 Å². The molecule has 0 atom stereocenters. The van der Waals surface area contributed by atoms with Crippen molar-refractivity contribution in [2.24, 2.45) is 0 Å². The number of aromatic amines is 1. The van der Waals surface area contributed by atoms with Crippen LogP contribution in [-0.2, 0) is 0 Å². The van der Waals surface area contributed by atoms with Gasteiger partial charge in [0, 0.05) is 65.4 Å². The highest BCUT2D eigenvalue weighted by molar-refractivity contribution is 7.13. The number of hydrogen-bond donors (Lipinski definition) is 3. The maximum absolute atomic E-state index is 11.7. The monoisotopic (exact) mass is 448 g/mol. The molecule has 1 aliphatic heterocycles. The number of nitrogens with one attached hydrogen (secondary N) is 2. The zero-order valence-electron chi connectivity index (χ0n) is 17.8. The molecule has 1 saturated heterocycles. The lowest BCUT2D eigenvalue weighted by atomic mass is 10.1. The van der Waals surface area contributed by atoms with Gasteiger partial charge in [0.1, 0.15) is 10.4 Å². The molecule has 1 saturated carbocycles. The number of nitrogens with zero attached hydrogens (tertiary/aromatic N) is 4. The van der Waals surface area contributed by atoms with Crippen LogP contribution < -0.4 is 10.2 Å². The van der Waals surface area contributed by atoms with Crippen LogP contribution in [-0.4, -0.2) is 63.4 Å². The number of carbonyl (C=O) groups is 1. The number of anilines is 3. The summed E-state index contributed by atoms with van der Waals surface area (Å²) in [5, 5.41) is 23.9. The molecule has 4 heterocycles. The highest BCUT2D eigenvalue weighted by atomic mass is 32.1. The number of carboxylic acid groups (broad SMARTS) is 1. The Kier molecular flexibility index (Phi) is 4.55. The molecule has 2 fully saturated rings. The first-order valence-corrected chi connectivity index (χ1v) is 11.8. The summed E-state index contributed by atoms with van der Waals surface area (Å²) in [4.78, 5) is 21.6. The first kappa shape index (κ1) is 19.5. The predicted octanol–water partition coefficient (Wildman–Crippen LogP) is 4.21. The van der Waals surface area contributed by atoms with Gasteiger partial charge in [-0.15, -0.1) is 11.3 Å². The molecule has 2 aliphatic rings. The Labute approximate surface area is 188 Å². The molecule has 0 unspecified atom stereocenters. The van der Waals surface area contributed by atoms with E-state index >= 15 is 0 Å². The van der Waals surface area contributed by atoms with Crippen LogP contribution in [0.1, 0.15) is 28.2 Å². The lowest BCUT2D eigenvalue weighted by molar-refractivity contribution is 0.0704. The molecule has 3 N–H and O–H groups in total. The van der Waals surface area contributed by atoms with Gasteiger partial charge in [-0.25, -0.2) is 9.78 Å². The van der Waals surface area contributed by atoms with Crippen molar-refractivity contribution in [3.63, 3.8) is 0 Å². The molecule has 1 aromatic carbocycles. The number of aromatic nitrogens is 3. The van der Waals surface area contributed by atoms with Crippen molar-refractivity contribution >= 4 is 56.3 Å². The van der Waals surface area contributed by atoms with Gasteiger partial charge < -0.3 is 15.3 Å². The number of carboxylic acids is 1. The maximum Gasteiger partial charge on any atom is 0.348 e. The summed E-state index contributed by atoms with van der Waals surface area (Å²) >= 11 is 1.20. The predicted molar refractivity (Wildman–Crippen MR) is 128 cm³/mol. The van der Waals surface area contributed by atoms with Gasteiger partial charge in [-0.1, -0.05) is 0 Å². The molecule has 3 aromatic heterocycles. The SMILES string of the molecule is Cc1[nH]nc2c(Nc3ccc(N4CCN(C5CC5)CC4)cc3)nc3c(C(=O)O)scc3c12. The van der Waals surface area contributed by atoms with E-state index in [1.54, 1.807) is 0 Å². The van der Waals surface area contributed by atoms with Crippen LogP contribution in [0.2, 0.25) is 0 Å². The Morgan fingerprint density at radius 3 is 2.59 bits per heavy atom. The zero-order chi connectivity index (χ0) is 21.8. The van der Waals surface area contributed by atoms with E-state index in [4.69, 9.17) is 0 Å². The van der Waals surface area contributed by atoms with E-state index in [1.165, 1.54) is 29.9 Å². The second-order valence-corrected chi connectivity index (χ2v) is 9.47. The van der Waals surface area contributed by atoms with E-state index in [-0.39, 0.29) is 4.88 Å². The largest absolute Gasteiger partial charge is 0.477 e. The van der Waals surface area contributed by atoms with Crippen LogP contribution in [0.25, 0.3) is 21.8 Å². The third-order valence-electron chi connectivity index (χ3n) is 6.50. The Morgan fingerprint density at radius 2 is 1.91 bits per heavy atom. The highest BCUT2D eigenvalue weighted by Gasteiger charge is 2.31. The van der Waals surface area contributed by atoms with Crippen molar-refractivity contribution in [3.05, 3.63) is 40.2 Å². The number of H-pyrrole nitrogens is 1. The summed E-state index contributed by atoms with van der Waals surface area (Å²) in [6, 6.07) is 9.19. The molecule has 8 nitrogen and oxygen atoms in total. The molecule has 0 bridgehead atoms. The number of hydrogen-bond acceptors (Lipinski definition) is 7. The summed E-state index contributed by atoms with van der Waals surface area (Å²) in [5.41, 5.74) is 4.22. The fourth-order valence-electron chi connectivity index (χ4n) is 4.65. The van der Waals surface area contributed by atoms with Crippen LogP contribution in [0.3, 0.4) is 0 Å². The number of aryl methyl sites for hydroxylation is 1. The number of piperazine rings is 1. The third kappa shape index (κ3) is 3.28. The van der Waals surface area contributed by atoms with Gasteiger partial charge in [-0.05, 0) is 44.0 Å². The van der Waals surface area contributed by atoms with Gasteiger partial charge in [0.05, 0.1) is 5.52 Å². The number of rotatable bonds is 5. The number of benzene rings is 1. The highest BCUT2D eigenvalue weighted by Crippen LogP contribution is 2.36. The fraction of sp³-hybridized carbons (Fsp3) is 0.348. The number of fused-ring (bicyclic) bond motifs is 3. The van der Waals surface area contributed by atoms with Crippen molar-refractivity contribution in [1.82, 2.24) is 20.1 Å². The molecule has 0 radical (unpaired) electrons. The number of pyridine rings is 1. The molecule has 0 amide bonds. The minimum atomic E-state index is -0.963. The average molecular weight is 449 g/mol. The molecule has 9 heteroatoms. The fourth-order valence-corrected chi connectivity index (χ4v) is 5.48. The molecular formula is C23H24N6O2S. The van der Waals surface area contributed by atoms with Gasteiger partial charge in [-0.3, -0.25) is 10.00 Å². The molecule has 32 heavy (non-hydrogen) atoms. The number of aromatic carboxylic acids is 1. The van der Waals surface area contributed by atoms with Crippen LogP contribution in [0.4, 0.5) is 17.2 Å². The second kappa shape index (κ2) is 7.46. The first-order chi connectivity index (χ1) is 15.6. The van der Waals surface area contributed by atoms with E-state index in [1.807, 2.05) is 24.4 Å². The number of thiophene rings is 1. The Balaban J connectivity index is 1.28. The van der Waals surface area contributed by atoms with Crippen LogP contribution >= 0.6 is 11.3 Å². The van der Waals surface area contributed by atoms with Gasteiger partial charge in [0.2, 0.25) is 0 Å². The van der Waals surface area contributed by atoms with E-state index in [0.29, 0.717) is 16.9 Å². The molecule has 164 valence electrons. The maximum atomic E-state index is 11.7. The Morgan fingerprint density at radius 1 is 1.16 bits per heavy atom. The minimum absolute atomic E-state index is 0.242. The van der Waals surface area contributed by atoms with Crippen LogP contribution in [0.15, 0.2) is 29.6 Å². The quantitative estimate of drug-likeness (QED) is 0.421. The lowest BCUT2D eigenvalue weighted by Gasteiger charge is -2.36. The Bertz CT molecular complexity index is 1320. The minimum Gasteiger partial charge on any atom is -0.477 e. The zero-order valence-corrected chi connectivity index (χ0v) is 18.6. The average Bonchev–Trinajstić information content (AvgIpc) is 3.45. The normalized spacial score (nSPS) is 17.3. The molecule has 1 aliphatic carbocycles. The van der Waals surface area contributed by atoms with Crippen molar-refractivity contribution in [2.45, 2.75) is 25.8 Å². The van der Waals surface area contributed by atoms with Crippen molar-refractivity contribution in [1.29, 1.82) is 0 Å². The summed E-state index contributed by atoms with van der Waals surface area (Å²) in [5.74, 6) is -0.404. The summed E-state index contributed by atoms with van der Waals surface area (Å²) in [6.07, 6.45) is 2.73. The van der Waals surface area contributed by atoms with Crippen LogP contribution in [0, 0.1) is 6.92 Å². The van der Waals surface area contributed by atoms with E-state index < -0.39 is 5.97 Å². The first-order valence-electron chi connectivity index (χ1n) is 10.9. The van der Waals surface area contributed by atoms with Gasteiger partial charge in [0.25, 0.3) is 0 Å². The second-order valence-electron chi connectivity index (χ2n) is 8.59. The summed E-state index contributed by atoms with van der Waals surface area (Å²) in [7, 11) is 0. The molecular weight excluding hydrogens is 424 g/mol.